The van der Waals surface area contributed by atoms with Crippen molar-refractivity contribution in [2.45, 2.75) is 17.9 Å². The molecular weight excluding hydrogens is 314 g/mol. The smallest absolute Gasteiger partial charge is 0.271 e. The number of nitro groups is 1. The molecule has 0 aliphatic carbocycles. The molecule has 0 bridgehead atoms. The SMILES string of the molecule is CNc1cc([N+](=O)[O-])ccc1S(=O)(=O)N(C)C(C)CSC. The fourth-order valence-corrected chi connectivity index (χ4v) is 4.13. The Bertz CT molecular complexity index is 619. The van der Waals surface area contributed by atoms with E-state index in [2.05, 4.69) is 5.32 Å². The number of nitrogens with zero attached hydrogens (tertiary/aromatic N) is 2. The van der Waals surface area contributed by atoms with Gasteiger partial charge in [-0.3, -0.25) is 10.1 Å². The van der Waals surface area contributed by atoms with Gasteiger partial charge >= 0.3 is 0 Å². The van der Waals surface area contributed by atoms with E-state index in [0.29, 0.717) is 5.75 Å². The molecule has 1 atom stereocenters. The standard InChI is InChI=1S/C12H19N3O4S2/c1-9(8-20-4)14(3)21(18,19)12-6-5-10(15(16)17)7-11(12)13-2/h5-7,9,13H,8H2,1-4H3. The number of rotatable bonds is 7. The minimum absolute atomic E-state index is 0.0334. The predicted octanol–water partition coefficient (Wildman–Crippen LogP) is 2.01. The number of nitrogens with one attached hydrogen (secondary N) is 1. The molecule has 0 aliphatic heterocycles. The highest BCUT2D eigenvalue weighted by atomic mass is 32.2. The maximum absolute atomic E-state index is 12.6. The van der Waals surface area contributed by atoms with Crippen LogP contribution >= 0.6 is 11.8 Å². The lowest BCUT2D eigenvalue weighted by Gasteiger charge is -2.24. The molecule has 0 saturated heterocycles. The number of thioether (sulfide) groups is 1. The molecule has 1 N–H and O–H groups in total. The van der Waals surface area contributed by atoms with Crippen molar-refractivity contribution in [3.05, 3.63) is 28.3 Å². The second-order valence-electron chi connectivity index (χ2n) is 4.51. The van der Waals surface area contributed by atoms with Gasteiger partial charge in [0.15, 0.2) is 0 Å². The van der Waals surface area contributed by atoms with Gasteiger partial charge in [0, 0.05) is 38.0 Å². The summed E-state index contributed by atoms with van der Waals surface area (Å²) in [5.74, 6) is 0.664. The van der Waals surface area contributed by atoms with Crippen LogP contribution in [0.4, 0.5) is 11.4 Å². The van der Waals surface area contributed by atoms with Crippen molar-refractivity contribution < 1.29 is 13.3 Å². The molecule has 1 aromatic carbocycles. The summed E-state index contributed by atoms with van der Waals surface area (Å²) in [5.41, 5.74) is 0.0607. The van der Waals surface area contributed by atoms with Gasteiger partial charge in [0.2, 0.25) is 10.0 Å². The highest BCUT2D eigenvalue weighted by molar-refractivity contribution is 7.98. The largest absolute Gasteiger partial charge is 0.387 e. The van der Waals surface area contributed by atoms with Crippen LogP contribution in [-0.2, 0) is 10.0 Å². The fraction of sp³-hybridized carbons (Fsp3) is 0.500. The van der Waals surface area contributed by atoms with E-state index in [4.69, 9.17) is 0 Å². The van der Waals surface area contributed by atoms with E-state index in [9.17, 15) is 18.5 Å². The van der Waals surface area contributed by atoms with Crippen LogP contribution < -0.4 is 5.32 Å². The van der Waals surface area contributed by atoms with E-state index < -0.39 is 14.9 Å². The van der Waals surface area contributed by atoms with Gasteiger partial charge < -0.3 is 5.32 Å². The van der Waals surface area contributed by atoms with Gasteiger partial charge in [0.1, 0.15) is 4.90 Å². The van der Waals surface area contributed by atoms with Crippen molar-refractivity contribution in [2.75, 3.05) is 31.4 Å². The van der Waals surface area contributed by atoms with E-state index in [1.54, 1.807) is 11.8 Å². The van der Waals surface area contributed by atoms with Gasteiger partial charge in [-0.05, 0) is 19.2 Å². The Labute approximate surface area is 128 Å². The Hall–Kier alpha value is -1.32. The molecule has 21 heavy (non-hydrogen) atoms. The van der Waals surface area contributed by atoms with Crippen LogP contribution in [0.5, 0.6) is 0 Å². The summed E-state index contributed by atoms with van der Waals surface area (Å²) in [6, 6.07) is 3.51. The lowest BCUT2D eigenvalue weighted by atomic mass is 10.3. The third-order valence-electron chi connectivity index (χ3n) is 3.13. The Morgan fingerprint density at radius 1 is 1.48 bits per heavy atom. The van der Waals surface area contributed by atoms with Crippen molar-refractivity contribution in [3.63, 3.8) is 0 Å². The van der Waals surface area contributed by atoms with Crippen molar-refractivity contribution in [1.29, 1.82) is 0 Å². The first-order valence-corrected chi connectivity index (χ1v) is 9.02. The van der Waals surface area contributed by atoms with E-state index in [-0.39, 0.29) is 22.3 Å². The Balaban J connectivity index is 3.28. The van der Waals surface area contributed by atoms with E-state index in [1.807, 2.05) is 13.2 Å². The fourth-order valence-electron chi connectivity index (χ4n) is 1.79. The van der Waals surface area contributed by atoms with E-state index >= 15 is 0 Å². The van der Waals surface area contributed by atoms with Gasteiger partial charge in [-0.25, -0.2) is 8.42 Å². The molecule has 0 spiro atoms. The minimum Gasteiger partial charge on any atom is -0.387 e. The molecule has 0 aliphatic rings. The number of non-ortho nitro benzene ring substituents is 1. The second kappa shape index (κ2) is 7.10. The van der Waals surface area contributed by atoms with Crippen molar-refractivity contribution in [1.82, 2.24) is 4.31 Å². The van der Waals surface area contributed by atoms with Crippen LogP contribution in [-0.4, -0.2) is 49.8 Å². The van der Waals surface area contributed by atoms with Gasteiger partial charge in [-0.2, -0.15) is 16.1 Å². The topological polar surface area (TPSA) is 92.5 Å². The summed E-state index contributed by atoms with van der Waals surface area (Å²) in [4.78, 5) is 10.2. The zero-order chi connectivity index (χ0) is 16.2. The summed E-state index contributed by atoms with van der Waals surface area (Å²) in [7, 11) is -0.669. The number of nitro benzene ring substituents is 1. The average molecular weight is 333 g/mol. The van der Waals surface area contributed by atoms with Crippen LogP contribution in [0.25, 0.3) is 0 Å². The Kier molecular flexibility index (Phi) is 5.99. The Morgan fingerprint density at radius 3 is 2.57 bits per heavy atom. The lowest BCUT2D eigenvalue weighted by molar-refractivity contribution is -0.384. The summed E-state index contributed by atoms with van der Waals surface area (Å²) >= 11 is 1.55. The number of sulfonamides is 1. The predicted molar refractivity (Wildman–Crippen MR) is 85.4 cm³/mol. The zero-order valence-electron chi connectivity index (χ0n) is 12.4. The first-order chi connectivity index (χ1) is 9.75. The monoisotopic (exact) mass is 333 g/mol. The third-order valence-corrected chi connectivity index (χ3v) is 5.97. The van der Waals surface area contributed by atoms with Crippen LogP contribution in [0, 0.1) is 10.1 Å². The second-order valence-corrected chi connectivity index (χ2v) is 7.39. The minimum atomic E-state index is -3.71. The van der Waals surface area contributed by atoms with Gasteiger partial charge in [0.05, 0.1) is 10.6 Å². The molecule has 1 rings (SSSR count). The molecule has 9 heteroatoms. The first-order valence-electron chi connectivity index (χ1n) is 6.18. The van der Waals surface area contributed by atoms with Crippen molar-refractivity contribution >= 4 is 33.2 Å². The highest BCUT2D eigenvalue weighted by Gasteiger charge is 2.28. The number of benzene rings is 1. The van der Waals surface area contributed by atoms with Gasteiger partial charge in [0.25, 0.3) is 5.69 Å². The molecule has 0 fully saturated rings. The Morgan fingerprint density at radius 2 is 2.10 bits per heavy atom. The molecule has 0 saturated carbocycles. The summed E-state index contributed by atoms with van der Waals surface area (Å²) in [6.45, 7) is 1.82. The van der Waals surface area contributed by atoms with Gasteiger partial charge in [-0.1, -0.05) is 0 Å². The number of anilines is 1. The molecule has 7 nitrogen and oxygen atoms in total. The summed E-state index contributed by atoms with van der Waals surface area (Å²) in [5, 5.41) is 13.5. The van der Waals surface area contributed by atoms with Crippen LogP contribution in [0.3, 0.4) is 0 Å². The number of hydrogen-bond acceptors (Lipinski definition) is 6. The van der Waals surface area contributed by atoms with Crippen molar-refractivity contribution in [2.24, 2.45) is 0 Å². The lowest BCUT2D eigenvalue weighted by Crippen LogP contribution is -2.36. The molecule has 118 valence electrons. The highest BCUT2D eigenvalue weighted by Crippen LogP contribution is 2.29. The summed E-state index contributed by atoms with van der Waals surface area (Å²) in [6.07, 6.45) is 1.90. The summed E-state index contributed by atoms with van der Waals surface area (Å²) < 4.78 is 26.5. The normalized spacial score (nSPS) is 13.2. The van der Waals surface area contributed by atoms with Crippen LogP contribution in [0.15, 0.2) is 23.1 Å². The molecular formula is C12H19N3O4S2. The van der Waals surface area contributed by atoms with E-state index in [1.165, 1.54) is 36.6 Å². The van der Waals surface area contributed by atoms with Gasteiger partial charge in [-0.15, -0.1) is 0 Å². The van der Waals surface area contributed by atoms with Crippen LogP contribution in [0.1, 0.15) is 6.92 Å². The molecule has 0 heterocycles. The molecule has 0 aromatic heterocycles. The quantitative estimate of drug-likeness (QED) is 0.606. The van der Waals surface area contributed by atoms with Crippen molar-refractivity contribution in [3.8, 4) is 0 Å². The molecule has 0 radical (unpaired) electrons. The molecule has 0 amide bonds. The zero-order valence-corrected chi connectivity index (χ0v) is 14.0. The van der Waals surface area contributed by atoms with Crippen LogP contribution in [0.2, 0.25) is 0 Å². The number of hydrogen-bond donors (Lipinski definition) is 1. The maximum atomic E-state index is 12.6. The third kappa shape index (κ3) is 3.86. The maximum Gasteiger partial charge on any atom is 0.271 e. The molecule has 1 aromatic rings. The first kappa shape index (κ1) is 17.7. The molecule has 1 unspecified atom stereocenters. The average Bonchev–Trinajstić information content (AvgIpc) is 2.45. The van der Waals surface area contributed by atoms with E-state index in [0.717, 1.165) is 0 Å².